The van der Waals surface area contributed by atoms with E-state index in [0.717, 1.165) is 31.6 Å². The van der Waals surface area contributed by atoms with Gasteiger partial charge in [-0.25, -0.2) is 4.98 Å². The molecule has 0 aliphatic carbocycles. The Bertz CT molecular complexity index is 693. The van der Waals surface area contributed by atoms with Crippen LogP contribution in [0.3, 0.4) is 0 Å². The molecule has 2 rings (SSSR count). The lowest BCUT2D eigenvalue weighted by molar-refractivity contribution is 0.102. The maximum absolute atomic E-state index is 12.5. The summed E-state index contributed by atoms with van der Waals surface area (Å²) in [5, 5.41) is 2.89. The van der Waals surface area contributed by atoms with Crippen LogP contribution in [0.1, 0.15) is 51.0 Å². The summed E-state index contributed by atoms with van der Waals surface area (Å²) in [5.74, 6) is 0.415. The van der Waals surface area contributed by atoms with Crippen LogP contribution in [0.4, 0.5) is 11.4 Å². The lowest BCUT2D eigenvalue weighted by Gasteiger charge is -2.23. The standard InChI is InChI=1S/C21H29N3O2/c1-5-13-24(14-6-2)17-11-12-19(22-15-17)21(25)23-18-9-7-8-10-20(18)26-16(3)4/h7-12,15-16H,5-6,13-14H2,1-4H3,(H,23,25). The molecule has 0 aliphatic heterocycles. The average Bonchev–Trinajstić information content (AvgIpc) is 2.63. The Kier molecular flexibility index (Phi) is 7.45. The Morgan fingerprint density at radius 3 is 2.38 bits per heavy atom. The number of hydrogen-bond acceptors (Lipinski definition) is 4. The van der Waals surface area contributed by atoms with E-state index in [1.807, 2.05) is 44.2 Å². The minimum absolute atomic E-state index is 0.0357. The number of carbonyl (C=O) groups excluding carboxylic acids is 1. The number of ether oxygens (including phenoxy) is 1. The van der Waals surface area contributed by atoms with E-state index >= 15 is 0 Å². The van der Waals surface area contributed by atoms with Crippen LogP contribution in [0.5, 0.6) is 5.75 Å². The van der Waals surface area contributed by atoms with Crippen molar-refractivity contribution in [1.29, 1.82) is 0 Å². The fraction of sp³-hybridized carbons (Fsp3) is 0.429. The van der Waals surface area contributed by atoms with Gasteiger partial charge in [0.1, 0.15) is 11.4 Å². The third-order valence-electron chi connectivity index (χ3n) is 3.83. The van der Waals surface area contributed by atoms with Gasteiger partial charge in [0.2, 0.25) is 0 Å². The van der Waals surface area contributed by atoms with Gasteiger partial charge in [-0.05, 0) is 51.0 Å². The molecule has 0 unspecified atom stereocenters. The van der Waals surface area contributed by atoms with Gasteiger partial charge in [-0.2, -0.15) is 0 Å². The van der Waals surface area contributed by atoms with Crippen molar-refractivity contribution in [3.63, 3.8) is 0 Å². The fourth-order valence-corrected chi connectivity index (χ4v) is 2.73. The number of aromatic nitrogens is 1. The third-order valence-corrected chi connectivity index (χ3v) is 3.83. The first-order valence-electron chi connectivity index (χ1n) is 9.33. The van der Waals surface area contributed by atoms with Crippen molar-refractivity contribution < 1.29 is 9.53 Å². The van der Waals surface area contributed by atoms with E-state index < -0.39 is 0 Å². The second-order valence-electron chi connectivity index (χ2n) is 6.51. The van der Waals surface area contributed by atoms with Crippen LogP contribution in [0, 0.1) is 0 Å². The summed E-state index contributed by atoms with van der Waals surface area (Å²) < 4.78 is 5.74. The molecule has 0 aliphatic rings. The Balaban J connectivity index is 2.11. The van der Waals surface area contributed by atoms with E-state index in [1.54, 1.807) is 12.3 Å². The summed E-state index contributed by atoms with van der Waals surface area (Å²) in [7, 11) is 0. The number of nitrogens with one attached hydrogen (secondary N) is 1. The molecule has 5 heteroatoms. The highest BCUT2D eigenvalue weighted by Gasteiger charge is 2.13. The first-order chi connectivity index (χ1) is 12.5. The highest BCUT2D eigenvalue weighted by molar-refractivity contribution is 6.03. The monoisotopic (exact) mass is 355 g/mol. The quantitative estimate of drug-likeness (QED) is 0.705. The van der Waals surface area contributed by atoms with E-state index in [1.165, 1.54) is 0 Å². The van der Waals surface area contributed by atoms with Crippen LogP contribution in [0.25, 0.3) is 0 Å². The Hall–Kier alpha value is -2.56. The lowest BCUT2D eigenvalue weighted by Crippen LogP contribution is -2.25. The van der Waals surface area contributed by atoms with E-state index in [9.17, 15) is 4.79 Å². The van der Waals surface area contributed by atoms with E-state index in [2.05, 4.69) is 29.0 Å². The number of benzene rings is 1. The molecule has 0 fully saturated rings. The van der Waals surface area contributed by atoms with Gasteiger partial charge in [-0.3, -0.25) is 4.79 Å². The largest absolute Gasteiger partial charge is 0.489 e. The molecular formula is C21H29N3O2. The highest BCUT2D eigenvalue weighted by Crippen LogP contribution is 2.25. The minimum atomic E-state index is -0.242. The van der Waals surface area contributed by atoms with Gasteiger partial charge in [-0.15, -0.1) is 0 Å². The Morgan fingerprint density at radius 2 is 1.81 bits per heavy atom. The molecule has 0 bridgehead atoms. The number of pyridine rings is 1. The first kappa shape index (κ1) is 19.8. The predicted molar refractivity (Wildman–Crippen MR) is 107 cm³/mol. The zero-order valence-electron chi connectivity index (χ0n) is 16.2. The van der Waals surface area contributed by atoms with Crippen molar-refractivity contribution in [2.75, 3.05) is 23.3 Å². The normalized spacial score (nSPS) is 10.7. The molecule has 1 aromatic heterocycles. The number of amides is 1. The van der Waals surface area contributed by atoms with E-state index in [0.29, 0.717) is 17.1 Å². The number of hydrogen-bond donors (Lipinski definition) is 1. The van der Waals surface area contributed by atoms with Crippen LogP contribution >= 0.6 is 0 Å². The molecular weight excluding hydrogens is 326 g/mol. The number of anilines is 2. The van der Waals surface area contributed by atoms with Crippen molar-refractivity contribution in [2.24, 2.45) is 0 Å². The van der Waals surface area contributed by atoms with Gasteiger partial charge in [0.15, 0.2) is 0 Å². The highest BCUT2D eigenvalue weighted by atomic mass is 16.5. The molecule has 140 valence electrons. The number of para-hydroxylation sites is 2. The number of nitrogens with zero attached hydrogens (tertiary/aromatic N) is 2. The van der Waals surface area contributed by atoms with Gasteiger partial charge in [0.05, 0.1) is 23.7 Å². The molecule has 1 heterocycles. The molecule has 0 atom stereocenters. The molecule has 0 radical (unpaired) electrons. The van der Waals surface area contributed by atoms with Crippen molar-refractivity contribution in [3.05, 3.63) is 48.3 Å². The van der Waals surface area contributed by atoms with Crippen LogP contribution in [-0.4, -0.2) is 30.1 Å². The molecule has 2 aromatic rings. The fourth-order valence-electron chi connectivity index (χ4n) is 2.73. The van der Waals surface area contributed by atoms with Crippen molar-refractivity contribution in [3.8, 4) is 5.75 Å². The topological polar surface area (TPSA) is 54.5 Å². The molecule has 5 nitrogen and oxygen atoms in total. The second kappa shape index (κ2) is 9.80. The summed E-state index contributed by atoms with van der Waals surface area (Å²) in [6.07, 6.45) is 3.97. The molecule has 1 amide bonds. The van der Waals surface area contributed by atoms with Gasteiger partial charge in [0, 0.05) is 13.1 Å². The summed E-state index contributed by atoms with van der Waals surface area (Å²) in [6, 6.07) is 11.2. The van der Waals surface area contributed by atoms with Crippen molar-refractivity contribution in [2.45, 2.75) is 46.6 Å². The molecule has 1 N–H and O–H groups in total. The molecule has 0 saturated carbocycles. The van der Waals surface area contributed by atoms with Crippen molar-refractivity contribution in [1.82, 2.24) is 4.98 Å². The summed E-state index contributed by atoms with van der Waals surface area (Å²) in [4.78, 5) is 19.2. The van der Waals surface area contributed by atoms with E-state index in [-0.39, 0.29) is 12.0 Å². The smallest absolute Gasteiger partial charge is 0.274 e. The summed E-state index contributed by atoms with van der Waals surface area (Å²) >= 11 is 0. The molecule has 1 aromatic carbocycles. The summed E-state index contributed by atoms with van der Waals surface area (Å²) in [6.45, 7) is 10.2. The average molecular weight is 355 g/mol. The molecule has 26 heavy (non-hydrogen) atoms. The van der Waals surface area contributed by atoms with Gasteiger partial charge < -0.3 is 15.0 Å². The zero-order valence-corrected chi connectivity index (χ0v) is 16.2. The number of rotatable bonds is 9. The molecule has 0 spiro atoms. The number of carbonyl (C=O) groups is 1. The van der Waals surface area contributed by atoms with Gasteiger partial charge in [-0.1, -0.05) is 26.0 Å². The van der Waals surface area contributed by atoms with Crippen LogP contribution in [0.15, 0.2) is 42.6 Å². The predicted octanol–water partition coefficient (Wildman–Crippen LogP) is 4.75. The van der Waals surface area contributed by atoms with Crippen LogP contribution in [-0.2, 0) is 0 Å². The lowest BCUT2D eigenvalue weighted by atomic mass is 10.2. The minimum Gasteiger partial charge on any atom is -0.489 e. The molecule has 0 saturated heterocycles. The zero-order chi connectivity index (χ0) is 18.9. The Labute approximate surface area is 156 Å². The van der Waals surface area contributed by atoms with E-state index in [4.69, 9.17) is 4.74 Å². The van der Waals surface area contributed by atoms with Crippen LogP contribution < -0.4 is 15.0 Å². The maximum Gasteiger partial charge on any atom is 0.274 e. The first-order valence-corrected chi connectivity index (χ1v) is 9.33. The Morgan fingerprint density at radius 1 is 1.12 bits per heavy atom. The van der Waals surface area contributed by atoms with Gasteiger partial charge in [0.25, 0.3) is 5.91 Å². The van der Waals surface area contributed by atoms with Crippen LogP contribution in [0.2, 0.25) is 0 Å². The van der Waals surface area contributed by atoms with Crippen molar-refractivity contribution >= 4 is 17.3 Å². The SMILES string of the molecule is CCCN(CCC)c1ccc(C(=O)Nc2ccccc2OC(C)C)nc1. The third kappa shape index (κ3) is 5.48. The van der Waals surface area contributed by atoms with Gasteiger partial charge >= 0.3 is 0 Å². The summed E-state index contributed by atoms with van der Waals surface area (Å²) in [5.41, 5.74) is 2.09. The second-order valence-corrected chi connectivity index (χ2v) is 6.51. The maximum atomic E-state index is 12.5.